The van der Waals surface area contributed by atoms with E-state index in [0.29, 0.717) is 11.2 Å². The maximum atomic E-state index is 10.6. The van der Waals surface area contributed by atoms with Crippen molar-refractivity contribution in [1.82, 2.24) is 5.32 Å². The van der Waals surface area contributed by atoms with Gasteiger partial charge < -0.3 is 14.8 Å². The molecule has 1 heterocycles. The van der Waals surface area contributed by atoms with Crippen molar-refractivity contribution in [2.24, 2.45) is 5.41 Å². The standard InChI is InChI=1S/C12H17NO3/c1-8(13-7-12(2)5-6-12)9-3-4-10(16-9)11(14)15/h3-4,8,13H,5-7H2,1-2H3,(H,14,15). The highest BCUT2D eigenvalue weighted by molar-refractivity contribution is 5.84. The second-order valence-electron chi connectivity index (χ2n) is 4.92. The zero-order valence-corrected chi connectivity index (χ0v) is 9.62. The van der Waals surface area contributed by atoms with Crippen LogP contribution in [-0.2, 0) is 0 Å². The maximum absolute atomic E-state index is 10.6. The minimum Gasteiger partial charge on any atom is -0.475 e. The van der Waals surface area contributed by atoms with Gasteiger partial charge in [0, 0.05) is 6.54 Å². The van der Waals surface area contributed by atoms with Gasteiger partial charge in [-0.05, 0) is 37.3 Å². The van der Waals surface area contributed by atoms with Crippen molar-refractivity contribution in [3.8, 4) is 0 Å². The Balaban J connectivity index is 1.92. The molecule has 1 saturated carbocycles. The number of carboxylic acid groups (broad SMARTS) is 1. The van der Waals surface area contributed by atoms with E-state index < -0.39 is 5.97 Å². The van der Waals surface area contributed by atoms with Crippen molar-refractivity contribution in [2.45, 2.75) is 32.7 Å². The van der Waals surface area contributed by atoms with Gasteiger partial charge in [0.2, 0.25) is 5.76 Å². The Morgan fingerprint density at radius 1 is 1.62 bits per heavy atom. The summed E-state index contributed by atoms with van der Waals surface area (Å²) in [5.41, 5.74) is 0.441. The molecule has 0 radical (unpaired) electrons. The van der Waals surface area contributed by atoms with Gasteiger partial charge in [0.05, 0.1) is 6.04 Å². The Kier molecular flexibility index (Phi) is 2.76. The van der Waals surface area contributed by atoms with Crippen LogP contribution in [0.15, 0.2) is 16.5 Å². The summed E-state index contributed by atoms with van der Waals surface area (Å²) in [6.07, 6.45) is 2.54. The third-order valence-electron chi connectivity index (χ3n) is 3.20. The number of rotatable bonds is 5. The van der Waals surface area contributed by atoms with Crippen LogP contribution in [0.25, 0.3) is 0 Å². The van der Waals surface area contributed by atoms with E-state index in [1.807, 2.05) is 6.92 Å². The lowest BCUT2D eigenvalue weighted by Gasteiger charge is -2.14. The zero-order valence-electron chi connectivity index (χ0n) is 9.62. The van der Waals surface area contributed by atoms with Crippen molar-refractivity contribution < 1.29 is 14.3 Å². The summed E-state index contributed by atoms with van der Waals surface area (Å²) in [7, 11) is 0. The molecule has 4 nitrogen and oxygen atoms in total. The molecular weight excluding hydrogens is 206 g/mol. The smallest absolute Gasteiger partial charge is 0.371 e. The average molecular weight is 223 g/mol. The van der Waals surface area contributed by atoms with Crippen molar-refractivity contribution >= 4 is 5.97 Å². The fraction of sp³-hybridized carbons (Fsp3) is 0.583. The van der Waals surface area contributed by atoms with Gasteiger partial charge in [-0.1, -0.05) is 6.92 Å². The first kappa shape index (κ1) is 11.2. The summed E-state index contributed by atoms with van der Waals surface area (Å²) < 4.78 is 5.23. The summed E-state index contributed by atoms with van der Waals surface area (Å²) in [6, 6.07) is 3.27. The van der Waals surface area contributed by atoms with E-state index in [-0.39, 0.29) is 11.8 Å². The molecule has 0 amide bonds. The van der Waals surface area contributed by atoms with E-state index in [0.717, 1.165) is 6.54 Å². The molecule has 1 unspecified atom stereocenters. The van der Waals surface area contributed by atoms with Crippen LogP contribution < -0.4 is 5.32 Å². The topological polar surface area (TPSA) is 62.5 Å². The Morgan fingerprint density at radius 3 is 2.81 bits per heavy atom. The number of carboxylic acids is 1. The van der Waals surface area contributed by atoms with Crippen molar-refractivity contribution in [3.05, 3.63) is 23.7 Å². The van der Waals surface area contributed by atoms with Gasteiger partial charge in [0.1, 0.15) is 5.76 Å². The molecule has 0 aromatic carbocycles. The van der Waals surface area contributed by atoms with Crippen LogP contribution in [0.2, 0.25) is 0 Å². The largest absolute Gasteiger partial charge is 0.475 e. The average Bonchev–Trinajstić information content (AvgIpc) is 2.81. The normalized spacial score (nSPS) is 19.4. The molecule has 4 heteroatoms. The number of aromatic carboxylic acids is 1. The number of carbonyl (C=O) groups is 1. The van der Waals surface area contributed by atoms with Gasteiger partial charge in [-0.2, -0.15) is 0 Å². The molecule has 1 aliphatic carbocycles. The van der Waals surface area contributed by atoms with E-state index in [1.54, 1.807) is 6.07 Å². The van der Waals surface area contributed by atoms with E-state index in [1.165, 1.54) is 18.9 Å². The molecule has 0 saturated heterocycles. The SMILES string of the molecule is CC(NCC1(C)CC1)c1ccc(C(=O)O)o1. The Morgan fingerprint density at radius 2 is 2.31 bits per heavy atom. The van der Waals surface area contributed by atoms with Crippen LogP contribution in [0.4, 0.5) is 0 Å². The molecule has 0 bridgehead atoms. The van der Waals surface area contributed by atoms with Crippen LogP contribution in [0.1, 0.15) is 49.0 Å². The highest BCUT2D eigenvalue weighted by Crippen LogP contribution is 2.44. The predicted octanol–water partition coefficient (Wildman–Crippen LogP) is 2.43. The molecule has 1 aromatic rings. The van der Waals surface area contributed by atoms with Gasteiger partial charge in [0.15, 0.2) is 0 Å². The summed E-state index contributed by atoms with van der Waals surface area (Å²) in [5, 5.41) is 12.1. The molecule has 1 fully saturated rings. The molecule has 2 rings (SSSR count). The summed E-state index contributed by atoms with van der Waals surface area (Å²) in [4.78, 5) is 10.6. The molecule has 16 heavy (non-hydrogen) atoms. The third kappa shape index (κ3) is 2.44. The van der Waals surface area contributed by atoms with E-state index >= 15 is 0 Å². The van der Waals surface area contributed by atoms with Crippen LogP contribution in [0.3, 0.4) is 0 Å². The van der Waals surface area contributed by atoms with Crippen molar-refractivity contribution in [3.63, 3.8) is 0 Å². The summed E-state index contributed by atoms with van der Waals surface area (Å²) in [6.45, 7) is 5.19. The maximum Gasteiger partial charge on any atom is 0.371 e. The monoisotopic (exact) mass is 223 g/mol. The highest BCUT2D eigenvalue weighted by atomic mass is 16.4. The van der Waals surface area contributed by atoms with E-state index in [2.05, 4.69) is 12.2 Å². The van der Waals surface area contributed by atoms with Gasteiger partial charge in [-0.3, -0.25) is 0 Å². The molecule has 0 spiro atoms. The quantitative estimate of drug-likeness (QED) is 0.804. The second kappa shape index (κ2) is 3.94. The van der Waals surface area contributed by atoms with Crippen LogP contribution in [-0.4, -0.2) is 17.6 Å². The molecule has 88 valence electrons. The van der Waals surface area contributed by atoms with Gasteiger partial charge in [-0.25, -0.2) is 4.79 Å². The molecule has 1 aliphatic rings. The molecule has 1 aromatic heterocycles. The van der Waals surface area contributed by atoms with Crippen LogP contribution >= 0.6 is 0 Å². The Labute approximate surface area is 94.6 Å². The molecule has 2 N–H and O–H groups in total. The highest BCUT2D eigenvalue weighted by Gasteiger charge is 2.37. The number of hydrogen-bond acceptors (Lipinski definition) is 3. The van der Waals surface area contributed by atoms with Crippen molar-refractivity contribution in [2.75, 3.05) is 6.54 Å². The predicted molar refractivity (Wildman–Crippen MR) is 59.4 cm³/mol. The van der Waals surface area contributed by atoms with Crippen LogP contribution in [0.5, 0.6) is 0 Å². The first-order chi connectivity index (χ1) is 7.50. The lowest BCUT2D eigenvalue weighted by molar-refractivity contribution is 0.0659. The van der Waals surface area contributed by atoms with E-state index in [9.17, 15) is 4.79 Å². The summed E-state index contributed by atoms with van der Waals surface area (Å²) >= 11 is 0. The third-order valence-corrected chi connectivity index (χ3v) is 3.20. The molecule has 1 atom stereocenters. The van der Waals surface area contributed by atoms with Gasteiger partial charge in [0.25, 0.3) is 0 Å². The van der Waals surface area contributed by atoms with Gasteiger partial charge >= 0.3 is 5.97 Å². The number of nitrogens with one attached hydrogen (secondary N) is 1. The number of hydrogen-bond donors (Lipinski definition) is 2. The molecular formula is C12H17NO3. The second-order valence-corrected chi connectivity index (χ2v) is 4.92. The summed E-state index contributed by atoms with van der Waals surface area (Å²) in [5.74, 6) is -0.337. The van der Waals surface area contributed by atoms with E-state index in [4.69, 9.17) is 9.52 Å². The zero-order chi connectivity index (χ0) is 11.8. The lowest BCUT2D eigenvalue weighted by atomic mass is 10.1. The first-order valence-corrected chi connectivity index (χ1v) is 5.57. The fourth-order valence-corrected chi connectivity index (χ4v) is 1.59. The Bertz CT molecular complexity index is 393. The fourth-order valence-electron chi connectivity index (χ4n) is 1.59. The minimum atomic E-state index is -1.02. The first-order valence-electron chi connectivity index (χ1n) is 5.57. The molecule has 0 aliphatic heterocycles. The van der Waals surface area contributed by atoms with Crippen LogP contribution in [0, 0.1) is 5.41 Å². The van der Waals surface area contributed by atoms with Gasteiger partial charge in [-0.15, -0.1) is 0 Å². The lowest BCUT2D eigenvalue weighted by Crippen LogP contribution is -2.24. The minimum absolute atomic E-state index is 0.00119. The Hall–Kier alpha value is -1.29. The van der Waals surface area contributed by atoms with Crippen molar-refractivity contribution in [1.29, 1.82) is 0 Å². The number of furan rings is 1.